The Bertz CT molecular complexity index is 799. The minimum Gasteiger partial charge on any atom is -0.356 e. The van der Waals surface area contributed by atoms with E-state index in [-0.39, 0.29) is 30.5 Å². The standard InChI is InChI=1S/C19H19Cl2FN2O2/c1-13(25)24(18-5-3-2-4-17(18)22)11-9-19(26)23-10-8-14-6-7-15(20)12-16(14)21/h2-7,12H,8-11H2,1H3,(H,23,26). The van der Waals surface area contributed by atoms with E-state index in [4.69, 9.17) is 23.2 Å². The third-order valence-corrected chi connectivity index (χ3v) is 4.40. The molecule has 4 nitrogen and oxygen atoms in total. The summed E-state index contributed by atoms with van der Waals surface area (Å²) < 4.78 is 13.9. The molecule has 2 rings (SSSR count). The number of amides is 2. The number of hydrogen-bond acceptors (Lipinski definition) is 2. The average Bonchev–Trinajstić information content (AvgIpc) is 2.58. The van der Waals surface area contributed by atoms with Gasteiger partial charge in [-0.25, -0.2) is 4.39 Å². The van der Waals surface area contributed by atoms with E-state index >= 15 is 0 Å². The van der Waals surface area contributed by atoms with E-state index in [1.165, 1.54) is 24.0 Å². The highest BCUT2D eigenvalue weighted by Crippen LogP contribution is 2.21. The lowest BCUT2D eigenvalue weighted by Gasteiger charge is -2.21. The SMILES string of the molecule is CC(=O)N(CCC(=O)NCCc1ccc(Cl)cc1Cl)c1ccccc1F. The van der Waals surface area contributed by atoms with Crippen molar-refractivity contribution in [3.63, 3.8) is 0 Å². The lowest BCUT2D eigenvalue weighted by molar-refractivity contribution is -0.121. The van der Waals surface area contributed by atoms with Crippen LogP contribution in [0.25, 0.3) is 0 Å². The van der Waals surface area contributed by atoms with Crippen LogP contribution in [0.15, 0.2) is 42.5 Å². The Kier molecular flexibility index (Phi) is 7.42. The maximum absolute atomic E-state index is 13.9. The van der Waals surface area contributed by atoms with Crippen LogP contribution in [0.3, 0.4) is 0 Å². The molecule has 26 heavy (non-hydrogen) atoms. The molecule has 0 bridgehead atoms. The molecule has 2 amide bonds. The first-order valence-electron chi connectivity index (χ1n) is 8.11. The minimum absolute atomic E-state index is 0.0717. The quantitative estimate of drug-likeness (QED) is 0.760. The van der Waals surface area contributed by atoms with E-state index in [0.717, 1.165) is 5.56 Å². The molecule has 0 heterocycles. The molecule has 0 atom stereocenters. The van der Waals surface area contributed by atoms with Gasteiger partial charge in [-0.1, -0.05) is 41.4 Å². The average molecular weight is 397 g/mol. The molecule has 1 N–H and O–H groups in total. The Labute approximate surface area is 161 Å². The summed E-state index contributed by atoms with van der Waals surface area (Å²) in [6.07, 6.45) is 0.633. The van der Waals surface area contributed by atoms with E-state index in [2.05, 4.69) is 5.32 Å². The van der Waals surface area contributed by atoms with Crippen molar-refractivity contribution in [1.29, 1.82) is 0 Å². The number of carbonyl (C=O) groups excluding carboxylic acids is 2. The van der Waals surface area contributed by atoms with Gasteiger partial charge in [0.05, 0.1) is 5.69 Å². The predicted octanol–water partition coefficient (Wildman–Crippen LogP) is 4.23. The molecular weight excluding hydrogens is 378 g/mol. The molecule has 0 radical (unpaired) electrons. The second-order valence-electron chi connectivity index (χ2n) is 5.71. The van der Waals surface area contributed by atoms with Gasteiger partial charge in [-0.3, -0.25) is 9.59 Å². The first-order chi connectivity index (χ1) is 12.4. The third-order valence-electron chi connectivity index (χ3n) is 3.82. The van der Waals surface area contributed by atoms with Crippen molar-refractivity contribution in [2.24, 2.45) is 0 Å². The van der Waals surface area contributed by atoms with Crippen LogP contribution >= 0.6 is 23.2 Å². The topological polar surface area (TPSA) is 49.4 Å². The van der Waals surface area contributed by atoms with E-state index in [9.17, 15) is 14.0 Å². The highest BCUT2D eigenvalue weighted by Gasteiger charge is 2.16. The molecule has 7 heteroatoms. The highest BCUT2D eigenvalue weighted by molar-refractivity contribution is 6.35. The van der Waals surface area contributed by atoms with Gasteiger partial charge in [-0.15, -0.1) is 0 Å². The summed E-state index contributed by atoms with van der Waals surface area (Å²) in [6.45, 7) is 1.84. The van der Waals surface area contributed by atoms with Gasteiger partial charge in [0.2, 0.25) is 11.8 Å². The first-order valence-corrected chi connectivity index (χ1v) is 8.87. The van der Waals surface area contributed by atoms with Crippen molar-refractivity contribution >= 4 is 40.7 Å². The van der Waals surface area contributed by atoms with Gasteiger partial charge in [0, 0.05) is 36.5 Å². The largest absolute Gasteiger partial charge is 0.356 e. The molecule has 138 valence electrons. The lowest BCUT2D eigenvalue weighted by Crippen LogP contribution is -2.35. The van der Waals surface area contributed by atoms with Gasteiger partial charge in [-0.2, -0.15) is 0 Å². The molecular formula is C19H19Cl2FN2O2. The fraction of sp³-hybridized carbons (Fsp3) is 0.263. The third kappa shape index (κ3) is 5.71. The number of benzene rings is 2. The van der Waals surface area contributed by atoms with Crippen molar-refractivity contribution in [1.82, 2.24) is 5.32 Å². The number of para-hydroxylation sites is 1. The Morgan fingerprint density at radius 3 is 2.54 bits per heavy atom. The molecule has 0 aliphatic rings. The molecule has 0 saturated carbocycles. The number of nitrogens with zero attached hydrogens (tertiary/aromatic N) is 1. The predicted molar refractivity (Wildman–Crippen MR) is 102 cm³/mol. The fourth-order valence-electron chi connectivity index (χ4n) is 2.48. The van der Waals surface area contributed by atoms with E-state index in [0.29, 0.717) is 23.0 Å². The molecule has 0 fully saturated rings. The monoisotopic (exact) mass is 396 g/mol. The van der Waals surface area contributed by atoms with Gasteiger partial charge in [0.15, 0.2) is 0 Å². The van der Waals surface area contributed by atoms with Crippen molar-refractivity contribution in [3.05, 3.63) is 63.9 Å². The second kappa shape index (κ2) is 9.55. The van der Waals surface area contributed by atoms with Crippen LogP contribution in [0.1, 0.15) is 18.9 Å². The van der Waals surface area contributed by atoms with E-state index in [1.54, 1.807) is 24.3 Å². The van der Waals surface area contributed by atoms with Crippen molar-refractivity contribution in [2.75, 3.05) is 18.0 Å². The summed E-state index contributed by atoms with van der Waals surface area (Å²) in [5.74, 6) is -1.05. The molecule has 0 aromatic heterocycles. The maximum Gasteiger partial charge on any atom is 0.223 e. The lowest BCUT2D eigenvalue weighted by atomic mass is 10.1. The summed E-state index contributed by atoms with van der Waals surface area (Å²) >= 11 is 11.9. The number of carbonyl (C=O) groups is 2. The van der Waals surface area contributed by atoms with Gasteiger partial charge in [0.25, 0.3) is 0 Å². The summed E-state index contributed by atoms with van der Waals surface area (Å²) in [4.78, 5) is 25.0. The van der Waals surface area contributed by atoms with Crippen LogP contribution in [0.5, 0.6) is 0 Å². The van der Waals surface area contributed by atoms with Crippen molar-refractivity contribution < 1.29 is 14.0 Å². The van der Waals surface area contributed by atoms with Crippen molar-refractivity contribution in [2.45, 2.75) is 19.8 Å². The summed E-state index contributed by atoms with van der Waals surface area (Å²) in [6, 6.07) is 11.2. The van der Waals surface area contributed by atoms with Gasteiger partial charge >= 0.3 is 0 Å². The van der Waals surface area contributed by atoms with Crippen molar-refractivity contribution in [3.8, 4) is 0 Å². The van der Waals surface area contributed by atoms with E-state index in [1.807, 2.05) is 6.07 Å². The molecule has 0 aliphatic carbocycles. The zero-order valence-electron chi connectivity index (χ0n) is 14.3. The maximum atomic E-state index is 13.9. The van der Waals surface area contributed by atoms with Gasteiger partial charge in [-0.05, 0) is 36.2 Å². The van der Waals surface area contributed by atoms with Crippen LogP contribution < -0.4 is 10.2 Å². The highest BCUT2D eigenvalue weighted by atomic mass is 35.5. The minimum atomic E-state index is -0.500. The number of hydrogen-bond donors (Lipinski definition) is 1. The molecule has 0 unspecified atom stereocenters. The Morgan fingerprint density at radius 1 is 1.15 bits per heavy atom. The van der Waals surface area contributed by atoms with Crippen LogP contribution in [-0.4, -0.2) is 24.9 Å². The molecule has 0 spiro atoms. The Balaban J connectivity index is 1.85. The number of halogens is 3. The fourth-order valence-corrected chi connectivity index (χ4v) is 2.98. The smallest absolute Gasteiger partial charge is 0.223 e. The summed E-state index contributed by atoms with van der Waals surface area (Å²) in [5, 5.41) is 3.88. The second-order valence-corrected chi connectivity index (χ2v) is 6.55. The first kappa shape index (κ1) is 20.2. The molecule has 0 aliphatic heterocycles. The molecule has 0 saturated heterocycles. The van der Waals surface area contributed by atoms with Gasteiger partial charge < -0.3 is 10.2 Å². The van der Waals surface area contributed by atoms with Crippen LogP contribution in [-0.2, 0) is 16.0 Å². The van der Waals surface area contributed by atoms with Crippen LogP contribution in [0.2, 0.25) is 10.0 Å². The van der Waals surface area contributed by atoms with E-state index < -0.39 is 5.82 Å². The van der Waals surface area contributed by atoms with Crippen LogP contribution in [0, 0.1) is 5.82 Å². The normalized spacial score (nSPS) is 10.5. The summed E-state index contributed by atoms with van der Waals surface area (Å²) in [5.41, 5.74) is 1.05. The summed E-state index contributed by atoms with van der Waals surface area (Å²) in [7, 11) is 0. The molecule has 2 aromatic carbocycles. The number of rotatable bonds is 7. The zero-order chi connectivity index (χ0) is 19.1. The van der Waals surface area contributed by atoms with Crippen LogP contribution in [0.4, 0.5) is 10.1 Å². The Morgan fingerprint density at radius 2 is 1.88 bits per heavy atom. The number of nitrogens with one attached hydrogen (secondary N) is 1. The Hall–Kier alpha value is -2.11. The molecule has 2 aromatic rings. The van der Waals surface area contributed by atoms with Gasteiger partial charge in [0.1, 0.15) is 5.82 Å². The zero-order valence-corrected chi connectivity index (χ0v) is 15.8. The number of anilines is 1.